The topological polar surface area (TPSA) is 117 Å². The molecule has 0 radical (unpaired) electrons. The molecule has 1 saturated heterocycles. The Kier molecular flexibility index (Phi) is 8.23. The molecule has 4 rings (SSSR count). The maximum Gasteiger partial charge on any atom is 0.243 e. The van der Waals surface area contributed by atoms with Crippen molar-refractivity contribution in [1.29, 1.82) is 0 Å². The second-order valence-electron chi connectivity index (χ2n) is 9.15. The summed E-state index contributed by atoms with van der Waals surface area (Å²) in [5, 5.41) is 13.9. The number of rotatable bonds is 10. The normalized spacial score (nSPS) is 17.2. The molecule has 1 fully saturated rings. The summed E-state index contributed by atoms with van der Waals surface area (Å²) in [6, 6.07) is 4.81. The van der Waals surface area contributed by atoms with Crippen LogP contribution in [-0.2, 0) is 16.4 Å². The van der Waals surface area contributed by atoms with Gasteiger partial charge in [-0.25, -0.2) is 18.1 Å². The molecule has 2 aromatic rings. The minimum absolute atomic E-state index is 0.0456. The number of ketones is 1. The highest BCUT2D eigenvalue weighted by Gasteiger charge is 2.32. The number of benzene rings is 1. The maximum atomic E-state index is 13.5. The lowest BCUT2D eigenvalue weighted by Crippen LogP contribution is -2.49. The number of carbonyl (C=O) groups excluding carboxylic acids is 1. The molecule has 10 nitrogen and oxygen atoms in total. The van der Waals surface area contributed by atoms with Crippen LogP contribution in [0, 0.1) is 6.92 Å². The molecule has 1 aromatic heterocycles. The molecule has 2 aliphatic heterocycles. The summed E-state index contributed by atoms with van der Waals surface area (Å²) in [4.78, 5) is 19.9. The molecule has 1 aromatic carbocycles. The minimum atomic E-state index is -3.76. The van der Waals surface area contributed by atoms with Gasteiger partial charge in [-0.15, -0.1) is 0 Å². The van der Waals surface area contributed by atoms with E-state index in [0.29, 0.717) is 74.2 Å². The highest BCUT2D eigenvalue weighted by Crippen LogP contribution is 2.30. The number of Topliss-reactive ketones (excluding diaryl/α,β-unsaturated/α-hetero) is 1. The zero-order valence-electron chi connectivity index (χ0n) is 21.2. The number of aryl methyl sites for hydroxylation is 2. The molecule has 11 heteroatoms. The predicted octanol–water partition coefficient (Wildman–Crippen LogP) is 2.07. The Morgan fingerprint density at radius 3 is 2.53 bits per heavy atom. The number of imidazole rings is 1. The van der Waals surface area contributed by atoms with Gasteiger partial charge in [0.15, 0.2) is 5.78 Å². The van der Waals surface area contributed by atoms with Crippen LogP contribution in [0.3, 0.4) is 0 Å². The Balaban J connectivity index is 1.73. The van der Waals surface area contributed by atoms with Crippen molar-refractivity contribution in [2.45, 2.75) is 51.3 Å². The van der Waals surface area contributed by atoms with E-state index in [-0.39, 0.29) is 23.7 Å². The number of hydrogen-bond donors (Lipinski definition) is 1. The molecule has 0 unspecified atom stereocenters. The van der Waals surface area contributed by atoms with E-state index in [1.165, 1.54) is 4.31 Å². The molecule has 196 valence electrons. The molecular formula is C25H35N5O5S. The van der Waals surface area contributed by atoms with Crippen LogP contribution in [0.4, 0.5) is 0 Å². The second-order valence-corrected chi connectivity index (χ2v) is 11.1. The molecule has 0 aliphatic carbocycles. The van der Waals surface area contributed by atoms with Crippen LogP contribution in [0.25, 0.3) is 0 Å². The van der Waals surface area contributed by atoms with E-state index in [4.69, 9.17) is 14.9 Å². The Hall–Kier alpha value is -2.60. The molecule has 0 saturated carbocycles. The van der Waals surface area contributed by atoms with Gasteiger partial charge in [0.05, 0.1) is 35.9 Å². The van der Waals surface area contributed by atoms with E-state index >= 15 is 0 Å². The van der Waals surface area contributed by atoms with Crippen molar-refractivity contribution in [1.82, 2.24) is 18.9 Å². The fraction of sp³-hybridized carbons (Fsp3) is 0.560. The van der Waals surface area contributed by atoms with Crippen LogP contribution >= 0.6 is 0 Å². The Morgan fingerprint density at radius 1 is 1.11 bits per heavy atom. The van der Waals surface area contributed by atoms with Crippen LogP contribution in [0.2, 0.25) is 0 Å². The summed E-state index contributed by atoms with van der Waals surface area (Å²) in [7, 11) is -3.76. The Bertz CT molecular complexity index is 1250. The first kappa shape index (κ1) is 26.5. The van der Waals surface area contributed by atoms with Gasteiger partial charge in [-0.3, -0.25) is 9.69 Å². The van der Waals surface area contributed by atoms with E-state index in [2.05, 4.69) is 4.98 Å². The van der Waals surface area contributed by atoms with Crippen molar-refractivity contribution >= 4 is 21.5 Å². The average Bonchev–Trinajstić information content (AvgIpc) is 3.18. The monoisotopic (exact) mass is 517 g/mol. The largest absolute Gasteiger partial charge is 0.493 e. The zero-order chi connectivity index (χ0) is 25.9. The highest BCUT2D eigenvalue weighted by atomic mass is 32.2. The number of aliphatic hydroxyl groups excluding tert-OH is 1. The van der Waals surface area contributed by atoms with Gasteiger partial charge in [0, 0.05) is 44.7 Å². The van der Waals surface area contributed by atoms with E-state index < -0.39 is 10.0 Å². The standard InChI is InChI=1S/C25H35N5O5S/c1-4-6-24-26-18(3)25-22(32)17-21(27-30(24)25)20-16-19(7-8-23(20)35-15-5-2)36(33,34)29-11-9-28(10-12-29)13-14-31/h7-8,16,31H,4-6,9-15,17H2,1-3H3. The molecule has 3 heterocycles. The number of β-amino-alcohol motifs (C(OH)–C–C–N with tert-alkyl or cyclic N) is 1. The van der Waals surface area contributed by atoms with E-state index in [1.54, 1.807) is 22.9 Å². The highest BCUT2D eigenvalue weighted by molar-refractivity contribution is 7.89. The van der Waals surface area contributed by atoms with Crippen molar-refractivity contribution in [2.24, 2.45) is 5.10 Å². The lowest BCUT2D eigenvalue weighted by atomic mass is 10.0. The number of fused-ring (bicyclic) bond motifs is 1. The van der Waals surface area contributed by atoms with E-state index in [1.807, 2.05) is 25.7 Å². The third kappa shape index (κ3) is 5.24. The van der Waals surface area contributed by atoms with E-state index in [0.717, 1.165) is 18.7 Å². The van der Waals surface area contributed by atoms with Gasteiger partial charge < -0.3 is 9.84 Å². The quantitative estimate of drug-likeness (QED) is 0.513. The minimum Gasteiger partial charge on any atom is -0.493 e. The number of ether oxygens (including phenoxy) is 1. The molecule has 2 aliphatic rings. The summed E-state index contributed by atoms with van der Waals surface area (Å²) in [5.74, 6) is 1.13. The molecule has 0 amide bonds. The van der Waals surface area contributed by atoms with Crippen LogP contribution < -0.4 is 4.74 Å². The predicted molar refractivity (Wildman–Crippen MR) is 136 cm³/mol. The molecule has 36 heavy (non-hydrogen) atoms. The number of aliphatic hydroxyl groups is 1. The van der Waals surface area contributed by atoms with Gasteiger partial charge in [-0.05, 0) is 38.0 Å². The first-order valence-corrected chi connectivity index (χ1v) is 14.0. The van der Waals surface area contributed by atoms with Crippen molar-refractivity contribution < 1.29 is 23.1 Å². The van der Waals surface area contributed by atoms with Crippen molar-refractivity contribution in [3.05, 3.63) is 41.0 Å². The molecule has 0 spiro atoms. The summed E-state index contributed by atoms with van der Waals surface area (Å²) in [6.07, 6.45) is 2.37. The van der Waals surface area contributed by atoms with Gasteiger partial charge in [-0.2, -0.15) is 9.41 Å². The first-order chi connectivity index (χ1) is 17.3. The van der Waals surface area contributed by atoms with Gasteiger partial charge in [-0.1, -0.05) is 13.8 Å². The van der Waals surface area contributed by atoms with Gasteiger partial charge in [0.2, 0.25) is 10.0 Å². The fourth-order valence-corrected chi connectivity index (χ4v) is 6.10. The van der Waals surface area contributed by atoms with Gasteiger partial charge >= 0.3 is 0 Å². The van der Waals surface area contributed by atoms with Gasteiger partial charge in [0.1, 0.15) is 17.3 Å². The maximum absolute atomic E-state index is 13.5. The van der Waals surface area contributed by atoms with E-state index in [9.17, 15) is 13.2 Å². The summed E-state index contributed by atoms with van der Waals surface area (Å²) < 4.78 is 36.1. The molecular weight excluding hydrogens is 482 g/mol. The smallest absolute Gasteiger partial charge is 0.243 e. The number of piperazine rings is 1. The lowest BCUT2D eigenvalue weighted by Gasteiger charge is -2.33. The Morgan fingerprint density at radius 2 is 1.86 bits per heavy atom. The first-order valence-electron chi connectivity index (χ1n) is 12.6. The third-order valence-electron chi connectivity index (χ3n) is 6.49. The third-order valence-corrected chi connectivity index (χ3v) is 8.39. The van der Waals surface area contributed by atoms with Crippen LogP contribution in [0.15, 0.2) is 28.2 Å². The van der Waals surface area contributed by atoms with Crippen molar-refractivity contribution in [3.8, 4) is 5.75 Å². The number of hydrogen-bond acceptors (Lipinski definition) is 8. The number of aromatic nitrogens is 2. The van der Waals surface area contributed by atoms with Crippen molar-refractivity contribution in [3.63, 3.8) is 0 Å². The number of sulfonamides is 1. The number of nitrogens with zero attached hydrogens (tertiary/aromatic N) is 5. The van der Waals surface area contributed by atoms with Crippen LogP contribution in [0.5, 0.6) is 5.75 Å². The summed E-state index contributed by atoms with van der Waals surface area (Å²) in [6.45, 7) is 8.72. The molecule has 0 bridgehead atoms. The average molecular weight is 518 g/mol. The fourth-order valence-electron chi connectivity index (χ4n) is 4.65. The molecule has 1 N–H and O–H groups in total. The lowest BCUT2D eigenvalue weighted by molar-refractivity contribution is 0.0987. The van der Waals surface area contributed by atoms with Crippen LogP contribution in [-0.4, -0.2) is 89.8 Å². The summed E-state index contributed by atoms with van der Waals surface area (Å²) >= 11 is 0. The summed E-state index contributed by atoms with van der Waals surface area (Å²) in [5.41, 5.74) is 2.13. The van der Waals surface area contributed by atoms with Crippen molar-refractivity contribution in [2.75, 3.05) is 45.9 Å². The SMILES string of the molecule is CCCOc1ccc(S(=O)(=O)N2CCN(CCO)CC2)cc1C1=Nn2c(CCC)nc(C)c2C(=O)C1. The second kappa shape index (κ2) is 11.2. The molecule has 0 atom stereocenters. The number of carbonyl (C=O) groups is 1. The van der Waals surface area contributed by atoms with Crippen LogP contribution in [0.1, 0.15) is 60.7 Å². The zero-order valence-corrected chi connectivity index (χ0v) is 22.1. The van der Waals surface area contributed by atoms with Gasteiger partial charge in [0.25, 0.3) is 0 Å². The Labute approximate surface area is 212 Å².